The topological polar surface area (TPSA) is 29.5 Å². The number of methoxy groups -OCH3 is 1. The summed E-state index contributed by atoms with van der Waals surface area (Å²) in [5.41, 5.74) is 7.78. The zero-order valence-corrected chi connectivity index (χ0v) is 13.3. The van der Waals surface area contributed by atoms with Gasteiger partial charge in [0.05, 0.1) is 7.11 Å². The molecule has 0 amide bonds. The van der Waals surface area contributed by atoms with Crippen LogP contribution in [0.15, 0.2) is 72.5 Å². The first-order chi connectivity index (χ1) is 11.3. The third-order valence-electron chi connectivity index (χ3n) is 4.26. The van der Waals surface area contributed by atoms with Gasteiger partial charge in [0, 0.05) is 11.1 Å². The lowest BCUT2D eigenvalue weighted by Gasteiger charge is -2.23. The SMILES string of the molecule is C=C=C(C1=CCCc2c(OC)cccc21)C(O)c1ccccc1. The molecule has 0 bridgehead atoms. The van der Waals surface area contributed by atoms with Crippen LogP contribution in [0.4, 0.5) is 0 Å². The van der Waals surface area contributed by atoms with E-state index in [9.17, 15) is 5.11 Å². The van der Waals surface area contributed by atoms with Crippen LogP contribution in [0.1, 0.15) is 29.2 Å². The molecule has 0 saturated heterocycles. The Morgan fingerprint density at radius 2 is 1.96 bits per heavy atom. The Kier molecular flexibility index (Phi) is 4.47. The van der Waals surface area contributed by atoms with Gasteiger partial charge in [0.1, 0.15) is 11.9 Å². The van der Waals surface area contributed by atoms with E-state index in [4.69, 9.17) is 4.74 Å². The van der Waals surface area contributed by atoms with E-state index in [1.54, 1.807) is 7.11 Å². The second-order valence-electron chi connectivity index (χ2n) is 5.55. The van der Waals surface area contributed by atoms with Gasteiger partial charge < -0.3 is 9.84 Å². The van der Waals surface area contributed by atoms with E-state index in [1.165, 1.54) is 5.56 Å². The fraction of sp³-hybridized carbons (Fsp3) is 0.190. The summed E-state index contributed by atoms with van der Waals surface area (Å²) in [5.74, 6) is 0.894. The predicted molar refractivity (Wildman–Crippen MR) is 93.3 cm³/mol. The highest BCUT2D eigenvalue weighted by Gasteiger charge is 2.23. The van der Waals surface area contributed by atoms with E-state index in [2.05, 4.69) is 24.5 Å². The summed E-state index contributed by atoms with van der Waals surface area (Å²) in [6, 6.07) is 15.6. The minimum Gasteiger partial charge on any atom is -0.496 e. The van der Waals surface area contributed by atoms with Gasteiger partial charge >= 0.3 is 0 Å². The Morgan fingerprint density at radius 1 is 1.17 bits per heavy atom. The highest BCUT2D eigenvalue weighted by atomic mass is 16.5. The van der Waals surface area contributed by atoms with E-state index < -0.39 is 6.10 Å². The van der Waals surface area contributed by atoms with Gasteiger partial charge in [0.15, 0.2) is 0 Å². The Balaban J connectivity index is 2.05. The van der Waals surface area contributed by atoms with E-state index >= 15 is 0 Å². The van der Waals surface area contributed by atoms with Crippen LogP contribution in [-0.2, 0) is 6.42 Å². The lowest BCUT2D eigenvalue weighted by Crippen LogP contribution is -2.08. The molecule has 0 spiro atoms. The number of aliphatic hydroxyl groups excluding tert-OH is 1. The molecule has 1 atom stereocenters. The van der Waals surface area contributed by atoms with Crippen molar-refractivity contribution in [3.8, 4) is 5.75 Å². The van der Waals surface area contributed by atoms with Gasteiger partial charge in [-0.15, -0.1) is 5.73 Å². The van der Waals surface area contributed by atoms with Crippen molar-refractivity contribution < 1.29 is 9.84 Å². The molecule has 0 aliphatic heterocycles. The normalized spacial score (nSPS) is 14.3. The molecular formula is C21H20O2. The summed E-state index contributed by atoms with van der Waals surface area (Å²) in [7, 11) is 1.69. The van der Waals surface area contributed by atoms with Gasteiger partial charge in [-0.25, -0.2) is 0 Å². The minimum atomic E-state index is -0.739. The Hall–Kier alpha value is -2.54. The van der Waals surface area contributed by atoms with Crippen LogP contribution in [-0.4, -0.2) is 12.2 Å². The monoisotopic (exact) mass is 304 g/mol. The molecule has 1 aliphatic carbocycles. The quantitative estimate of drug-likeness (QED) is 0.845. The first-order valence-corrected chi connectivity index (χ1v) is 7.76. The maximum atomic E-state index is 10.8. The lowest BCUT2D eigenvalue weighted by molar-refractivity contribution is 0.221. The number of rotatable bonds is 4. The number of benzene rings is 2. The summed E-state index contributed by atoms with van der Waals surface area (Å²) in [6.45, 7) is 3.80. The molecule has 2 nitrogen and oxygen atoms in total. The first-order valence-electron chi connectivity index (χ1n) is 7.76. The molecule has 1 unspecified atom stereocenters. The van der Waals surface area contributed by atoms with Crippen molar-refractivity contribution in [1.29, 1.82) is 0 Å². The number of ether oxygens (including phenoxy) is 1. The molecule has 0 heterocycles. The molecule has 23 heavy (non-hydrogen) atoms. The number of hydrogen-bond acceptors (Lipinski definition) is 2. The molecule has 0 aromatic heterocycles. The van der Waals surface area contributed by atoms with Gasteiger partial charge in [-0.3, -0.25) is 0 Å². The van der Waals surface area contributed by atoms with E-state index in [1.807, 2.05) is 42.5 Å². The zero-order valence-electron chi connectivity index (χ0n) is 13.3. The van der Waals surface area contributed by atoms with Crippen LogP contribution < -0.4 is 4.74 Å². The summed E-state index contributed by atoms with van der Waals surface area (Å²) in [4.78, 5) is 0. The van der Waals surface area contributed by atoms with Gasteiger partial charge in [0.2, 0.25) is 0 Å². The van der Waals surface area contributed by atoms with Gasteiger partial charge in [0.25, 0.3) is 0 Å². The fourth-order valence-corrected chi connectivity index (χ4v) is 3.13. The third-order valence-corrected chi connectivity index (χ3v) is 4.26. The molecule has 116 valence electrons. The lowest BCUT2D eigenvalue weighted by atomic mass is 9.83. The molecule has 2 heteroatoms. The average molecular weight is 304 g/mol. The zero-order chi connectivity index (χ0) is 16.2. The molecule has 2 aromatic rings. The summed E-state index contributed by atoms with van der Waals surface area (Å²) in [6.07, 6.45) is 3.27. The first kappa shape index (κ1) is 15.4. The van der Waals surface area contributed by atoms with Crippen LogP contribution in [0.3, 0.4) is 0 Å². The summed E-state index contributed by atoms with van der Waals surface area (Å²) >= 11 is 0. The van der Waals surface area contributed by atoms with Crippen LogP contribution in [0.25, 0.3) is 5.57 Å². The van der Waals surface area contributed by atoms with Crippen LogP contribution in [0, 0.1) is 0 Å². The van der Waals surface area contributed by atoms with Crippen LogP contribution in [0.2, 0.25) is 0 Å². The molecule has 0 fully saturated rings. The van der Waals surface area contributed by atoms with Gasteiger partial charge in [-0.05, 0) is 35.6 Å². The highest BCUT2D eigenvalue weighted by molar-refractivity contribution is 5.83. The van der Waals surface area contributed by atoms with E-state index in [-0.39, 0.29) is 0 Å². The average Bonchev–Trinajstić information content (AvgIpc) is 2.62. The van der Waals surface area contributed by atoms with Crippen molar-refractivity contribution in [3.63, 3.8) is 0 Å². The third kappa shape index (κ3) is 2.87. The Morgan fingerprint density at radius 3 is 2.65 bits per heavy atom. The smallest absolute Gasteiger partial charge is 0.122 e. The number of allylic oxidation sites excluding steroid dienone is 1. The van der Waals surface area contributed by atoms with Crippen molar-refractivity contribution in [3.05, 3.63) is 89.2 Å². The van der Waals surface area contributed by atoms with Crippen molar-refractivity contribution in [2.45, 2.75) is 18.9 Å². The van der Waals surface area contributed by atoms with E-state index in [0.29, 0.717) is 5.57 Å². The Labute approximate surface area is 137 Å². The van der Waals surface area contributed by atoms with Crippen LogP contribution in [0.5, 0.6) is 5.75 Å². The van der Waals surface area contributed by atoms with Gasteiger partial charge in [-0.1, -0.05) is 55.1 Å². The molecule has 3 rings (SSSR count). The van der Waals surface area contributed by atoms with Gasteiger partial charge in [-0.2, -0.15) is 0 Å². The predicted octanol–water partition coefficient (Wildman–Crippen LogP) is 4.47. The number of hydrogen-bond donors (Lipinski definition) is 1. The van der Waals surface area contributed by atoms with E-state index in [0.717, 1.165) is 35.3 Å². The summed E-state index contributed by atoms with van der Waals surface area (Å²) < 4.78 is 5.48. The minimum absolute atomic E-state index is 0.713. The molecule has 1 N–H and O–H groups in total. The highest BCUT2D eigenvalue weighted by Crippen LogP contribution is 2.40. The molecule has 2 aromatic carbocycles. The molecule has 0 saturated carbocycles. The maximum Gasteiger partial charge on any atom is 0.122 e. The molecule has 1 aliphatic rings. The maximum absolute atomic E-state index is 10.8. The van der Waals surface area contributed by atoms with Crippen molar-refractivity contribution in [1.82, 2.24) is 0 Å². The second kappa shape index (κ2) is 6.70. The van der Waals surface area contributed by atoms with Crippen LogP contribution >= 0.6 is 0 Å². The fourth-order valence-electron chi connectivity index (χ4n) is 3.13. The molecule has 0 radical (unpaired) electrons. The standard InChI is InChI=1S/C21H20O2/c1-3-16(21(22)15-9-5-4-6-10-15)17-11-7-13-19-18(17)12-8-14-20(19)23-2/h4-6,8-12,14,21-22H,1,7,13H2,2H3. The Bertz CT molecular complexity index is 781. The summed E-state index contributed by atoms with van der Waals surface area (Å²) in [5, 5.41) is 10.8. The number of aliphatic hydroxyl groups is 1. The van der Waals surface area contributed by atoms with Crippen molar-refractivity contribution in [2.24, 2.45) is 0 Å². The molecular weight excluding hydrogens is 284 g/mol. The number of fused-ring (bicyclic) bond motifs is 1. The second-order valence-corrected chi connectivity index (χ2v) is 5.55. The van der Waals surface area contributed by atoms with Crippen molar-refractivity contribution >= 4 is 5.57 Å². The largest absolute Gasteiger partial charge is 0.496 e. The van der Waals surface area contributed by atoms with Crippen molar-refractivity contribution in [2.75, 3.05) is 7.11 Å².